The van der Waals surface area contributed by atoms with Gasteiger partial charge in [-0.1, -0.05) is 18.2 Å². The van der Waals surface area contributed by atoms with Crippen molar-refractivity contribution in [3.8, 4) is 5.75 Å². The van der Waals surface area contributed by atoms with Gasteiger partial charge in [-0.25, -0.2) is 0 Å². The number of ether oxygens (including phenoxy) is 1. The molecule has 0 amide bonds. The van der Waals surface area contributed by atoms with Crippen molar-refractivity contribution >= 4 is 0 Å². The summed E-state index contributed by atoms with van der Waals surface area (Å²) in [6, 6.07) is 9.08. The molecule has 1 radical (unpaired) electrons. The molecule has 1 aromatic carbocycles. The van der Waals surface area contributed by atoms with E-state index in [0.29, 0.717) is 5.75 Å². The summed E-state index contributed by atoms with van der Waals surface area (Å²) in [6.07, 6.45) is 0. The zero-order chi connectivity index (χ0) is 8.32. The molecule has 0 saturated carbocycles. The molecule has 0 aliphatic heterocycles. The second-order valence-electron chi connectivity index (χ2n) is 2.81. The van der Waals surface area contributed by atoms with Crippen molar-refractivity contribution in [2.45, 2.75) is 19.6 Å². The molecule has 0 aromatic heterocycles. The maximum Gasteiger partial charge on any atom is 0.235 e. The van der Waals surface area contributed by atoms with Crippen LogP contribution in [0.15, 0.2) is 30.3 Å². The lowest BCUT2D eigenvalue weighted by molar-refractivity contribution is -0.153. The van der Waals surface area contributed by atoms with Gasteiger partial charge in [0.1, 0.15) is 5.75 Å². The van der Waals surface area contributed by atoms with E-state index in [9.17, 15) is 5.11 Å². The number of benzene rings is 1. The van der Waals surface area contributed by atoms with Gasteiger partial charge in [-0.3, -0.25) is 0 Å². The van der Waals surface area contributed by atoms with E-state index in [1.807, 2.05) is 18.2 Å². The van der Waals surface area contributed by atoms with Crippen LogP contribution in [0, 0.1) is 0 Å². The molecule has 0 atom stereocenters. The SMILES string of the molecule is CC(C)([O])Oc1ccccc1. The summed E-state index contributed by atoms with van der Waals surface area (Å²) < 4.78 is 5.05. The second-order valence-corrected chi connectivity index (χ2v) is 2.81. The van der Waals surface area contributed by atoms with E-state index in [0.717, 1.165) is 0 Å². The number of hydrogen-bond acceptors (Lipinski definition) is 1. The van der Waals surface area contributed by atoms with Crippen molar-refractivity contribution in [3.05, 3.63) is 30.3 Å². The molecule has 1 aromatic rings. The lowest BCUT2D eigenvalue weighted by Gasteiger charge is -2.16. The van der Waals surface area contributed by atoms with Gasteiger partial charge in [0.2, 0.25) is 5.79 Å². The fourth-order valence-electron chi connectivity index (χ4n) is 0.772. The van der Waals surface area contributed by atoms with E-state index in [1.54, 1.807) is 12.1 Å². The topological polar surface area (TPSA) is 29.1 Å². The minimum absolute atomic E-state index is 0.618. The van der Waals surface area contributed by atoms with Crippen LogP contribution < -0.4 is 4.74 Å². The van der Waals surface area contributed by atoms with Crippen molar-refractivity contribution in [1.29, 1.82) is 0 Å². The Labute approximate surface area is 66.4 Å². The molecule has 0 heterocycles. The summed E-state index contributed by atoms with van der Waals surface area (Å²) in [4.78, 5) is 0. The van der Waals surface area contributed by atoms with Gasteiger partial charge in [0.05, 0.1) is 0 Å². The number of hydrogen-bond donors (Lipinski definition) is 0. The number of rotatable bonds is 2. The molecule has 1 rings (SSSR count). The second kappa shape index (κ2) is 2.93. The summed E-state index contributed by atoms with van der Waals surface area (Å²) in [5.74, 6) is -0.728. The van der Waals surface area contributed by atoms with E-state index in [4.69, 9.17) is 4.74 Å². The van der Waals surface area contributed by atoms with Gasteiger partial charge in [0.15, 0.2) is 0 Å². The van der Waals surface area contributed by atoms with Gasteiger partial charge in [-0.2, -0.15) is 5.11 Å². The van der Waals surface area contributed by atoms with Gasteiger partial charge in [0, 0.05) is 13.8 Å². The van der Waals surface area contributed by atoms with E-state index in [2.05, 4.69) is 0 Å². The Bertz CT molecular complexity index is 211. The van der Waals surface area contributed by atoms with Crippen LogP contribution in [0.5, 0.6) is 5.75 Å². The summed E-state index contributed by atoms with van der Waals surface area (Å²) in [5, 5.41) is 11.1. The Morgan fingerprint density at radius 3 is 2.18 bits per heavy atom. The average Bonchev–Trinajstić information content (AvgIpc) is 1.85. The predicted molar refractivity (Wildman–Crippen MR) is 41.8 cm³/mol. The van der Waals surface area contributed by atoms with Crippen molar-refractivity contribution in [1.82, 2.24) is 0 Å². The maximum absolute atomic E-state index is 11.1. The van der Waals surface area contributed by atoms with Crippen molar-refractivity contribution in [3.63, 3.8) is 0 Å². The standard InChI is InChI=1S/C9H11O2/c1-9(2,10)11-8-6-4-3-5-7-8/h3-7H,1-2H3. The third kappa shape index (κ3) is 3.05. The lowest BCUT2D eigenvalue weighted by atomic mass is 10.3. The van der Waals surface area contributed by atoms with Crippen LogP contribution in [0.4, 0.5) is 0 Å². The molecule has 0 aliphatic rings. The third-order valence-corrected chi connectivity index (χ3v) is 1.11. The molecule has 0 aliphatic carbocycles. The van der Waals surface area contributed by atoms with Gasteiger partial charge in [0.25, 0.3) is 0 Å². The fraction of sp³-hybridized carbons (Fsp3) is 0.333. The molecular weight excluding hydrogens is 140 g/mol. The molecule has 59 valence electrons. The van der Waals surface area contributed by atoms with Gasteiger partial charge in [-0.05, 0) is 12.1 Å². The Hall–Kier alpha value is -1.02. The van der Waals surface area contributed by atoms with Crippen molar-refractivity contribution < 1.29 is 9.84 Å². The highest BCUT2D eigenvalue weighted by Crippen LogP contribution is 2.15. The first kappa shape index (κ1) is 8.08. The highest BCUT2D eigenvalue weighted by molar-refractivity contribution is 5.21. The summed E-state index contributed by atoms with van der Waals surface area (Å²) in [6.45, 7) is 2.97. The molecule has 0 unspecified atom stereocenters. The van der Waals surface area contributed by atoms with Crippen LogP contribution in [0.2, 0.25) is 0 Å². The van der Waals surface area contributed by atoms with Crippen LogP contribution in [-0.2, 0) is 5.11 Å². The highest BCUT2D eigenvalue weighted by Gasteiger charge is 2.15. The molecule has 2 nitrogen and oxygen atoms in total. The van der Waals surface area contributed by atoms with E-state index < -0.39 is 5.79 Å². The first-order valence-corrected chi connectivity index (χ1v) is 3.52. The predicted octanol–water partition coefficient (Wildman–Crippen LogP) is 2.23. The van der Waals surface area contributed by atoms with E-state index in [1.165, 1.54) is 13.8 Å². The zero-order valence-corrected chi connectivity index (χ0v) is 6.70. The first-order chi connectivity index (χ1) is 5.08. The Morgan fingerprint density at radius 1 is 1.18 bits per heavy atom. The Kier molecular flexibility index (Phi) is 2.15. The van der Waals surface area contributed by atoms with Crippen LogP contribution in [0.3, 0.4) is 0 Å². The Balaban J connectivity index is 2.66. The smallest absolute Gasteiger partial charge is 0.235 e. The van der Waals surface area contributed by atoms with Gasteiger partial charge < -0.3 is 4.74 Å². The normalized spacial score (nSPS) is 11.2. The molecule has 0 N–H and O–H groups in total. The van der Waals surface area contributed by atoms with Crippen molar-refractivity contribution in [2.24, 2.45) is 0 Å². The average molecular weight is 151 g/mol. The monoisotopic (exact) mass is 151 g/mol. The van der Waals surface area contributed by atoms with Crippen LogP contribution in [-0.4, -0.2) is 5.79 Å². The lowest BCUT2D eigenvalue weighted by Crippen LogP contribution is -2.25. The largest absolute Gasteiger partial charge is 0.460 e. The van der Waals surface area contributed by atoms with Crippen LogP contribution in [0.1, 0.15) is 13.8 Å². The molecule has 0 fully saturated rings. The van der Waals surface area contributed by atoms with Crippen molar-refractivity contribution in [2.75, 3.05) is 0 Å². The molecule has 0 spiro atoms. The zero-order valence-electron chi connectivity index (χ0n) is 6.70. The fourth-order valence-corrected chi connectivity index (χ4v) is 0.772. The maximum atomic E-state index is 11.1. The Morgan fingerprint density at radius 2 is 1.73 bits per heavy atom. The highest BCUT2D eigenvalue weighted by atomic mass is 16.6. The van der Waals surface area contributed by atoms with E-state index >= 15 is 0 Å². The van der Waals surface area contributed by atoms with Crippen LogP contribution in [0.25, 0.3) is 0 Å². The molecule has 0 saturated heterocycles. The minimum atomic E-state index is -1.35. The van der Waals surface area contributed by atoms with Gasteiger partial charge >= 0.3 is 0 Å². The van der Waals surface area contributed by atoms with E-state index in [-0.39, 0.29) is 0 Å². The van der Waals surface area contributed by atoms with Crippen LogP contribution >= 0.6 is 0 Å². The summed E-state index contributed by atoms with van der Waals surface area (Å²) in [5.41, 5.74) is 0. The molecule has 0 bridgehead atoms. The molecule has 2 heteroatoms. The quantitative estimate of drug-likeness (QED) is 0.596. The minimum Gasteiger partial charge on any atom is -0.460 e. The molecule has 11 heavy (non-hydrogen) atoms. The summed E-state index contributed by atoms with van der Waals surface area (Å²) in [7, 11) is 0. The first-order valence-electron chi connectivity index (χ1n) is 3.52. The third-order valence-electron chi connectivity index (χ3n) is 1.11. The summed E-state index contributed by atoms with van der Waals surface area (Å²) >= 11 is 0. The van der Waals surface area contributed by atoms with Gasteiger partial charge in [-0.15, -0.1) is 0 Å². The molecular formula is C9H11O2. The number of para-hydroxylation sites is 1.